The van der Waals surface area contributed by atoms with Crippen molar-refractivity contribution >= 4 is 11.3 Å². The van der Waals surface area contributed by atoms with Gasteiger partial charge in [-0.25, -0.2) is 4.39 Å². The predicted molar refractivity (Wildman–Crippen MR) is 116 cm³/mol. The molecule has 3 aromatic rings. The van der Waals surface area contributed by atoms with Crippen LogP contribution in [-0.4, -0.2) is 51.4 Å². The molecule has 5 atom stereocenters. The monoisotopic (exact) mass is 450 g/mol. The third kappa shape index (κ3) is 4.57. The lowest BCUT2D eigenvalue weighted by molar-refractivity contribution is -0.231. The molecule has 0 bridgehead atoms. The fourth-order valence-corrected chi connectivity index (χ4v) is 4.52. The van der Waals surface area contributed by atoms with E-state index >= 15 is 0 Å². The van der Waals surface area contributed by atoms with E-state index in [0.717, 1.165) is 10.4 Å². The zero-order valence-electron chi connectivity index (χ0n) is 22.2. The molecule has 1 aliphatic heterocycles. The van der Waals surface area contributed by atoms with Crippen molar-refractivity contribution in [3.8, 4) is 10.4 Å². The number of aliphatic hydroxyl groups excluding tert-OH is 4. The molecule has 2 aromatic carbocycles. The van der Waals surface area contributed by atoms with Crippen molar-refractivity contribution in [3.05, 3.63) is 81.9 Å². The van der Waals surface area contributed by atoms with E-state index in [-0.39, 0.29) is 23.4 Å². The molecule has 1 aromatic heterocycles. The van der Waals surface area contributed by atoms with Crippen LogP contribution in [0.4, 0.5) is 4.39 Å². The Morgan fingerprint density at radius 2 is 1.84 bits per heavy atom. The number of aliphatic hydroxyl groups is 4. The van der Waals surface area contributed by atoms with Crippen LogP contribution in [0.3, 0.4) is 0 Å². The van der Waals surface area contributed by atoms with Gasteiger partial charge in [0, 0.05) is 20.3 Å². The largest absolute Gasteiger partial charge is 0.394 e. The van der Waals surface area contributed by atoms with Crippen LogP contribution < -0.4 is 0 Å². The first-order valence-electron chi connectivity index (χ1n) is 12.6. The molecule has 4 rings (SSSR count). The van der Waals surface area contributed by atoms with Crippen molar-refractivity contribution < 1.29 is 37.8 Å². The Hall–Kier alpha value is -2.13. The number of ether oxygens (including phenoxy) is 1. The average Bonchev–Trinajstić information content (AvgIpc) is 3.30. The zero-order valence-corrected chi connectivity index (χ0v) is 17.1. The lowest BCUT2D eigenvalue weighted by Crippen LogP contribution is -2.55. The van der Waals surface area contributed by atoms with Gasteiger partial charge in [0.25, 0.3) is 0 Å². The van der Waals surface area contributed by atoms with Crippen molar-refractivity contribution in [2.45, 2.75) is 43.8 Å². The first-order chi connectivity index (χ1) is 17.3. The van der Waals surface area contributed by atoms with Crippen LogP contribution in [0.15, 0.2) is 54.5 Å². The maximum absolute atomic E-state index is 13.3. The minimum Gasteiger partial charge on any atom is -0.394 e. The predicted octanol–water partition coefficient (Wildman–Crippen LogP) is 2.97. The smallest absolute Gasteiger partial charge is 0.123 e. The highest BCUT2D eigenvalue weighted by atomic mass is 32.1. The first kappa shape index (κ1) is 15.6. The molecule has 0 radical (unpaired) electrons. The summed E-state index contributed by atoms with van der Waals surface area (Å²) in [7, 11) is 0. The van der Waals surface area contributed by atoms with E-state index in [0.29, 0.717) is 4.88 Å². The van der Waals surface area contributed by atoms with Gasteiger partial charge in [0.15, 0.2) is 0 Å². The van der Waals surface area contributed by atoms with Crippen LogP contribution in [-0.2, 0) is 11.2 Å². The molecule has 4 N–H and O–H groups in total. The molecule has 0 spiro atoms. The molecule has 2 heterocycles. The summed E-state index contributed by atoms with van der Waals surface area (Å²) in [4.78, 5) is 1.41. The standard InChI is InChI=1S/C24H25FO5S/c1-13-2-3-15(24-23(29)22(28)21(27)19(12-26)30-24)10-16(13)11-18-8-9-20(31-18)14-4-6-17(25)7-5-14/h2-10,19,21-24,26-29H,11-12H2,1H3/t19-,21-,22+,23-,24+/m1/s1/i1D3,2D,3D,10D. The van der Waals surface area contributed by atoms with Gasteiger partial charge in [0.1, 0.15) is 36.3 Å². The van der Waals surface area contributed by atoms with Crippen LogP contribution >= 0.6 is 11.3 Å². The number of thiophene rings is 1. The lowest BCUT2D eigenvalue weighted by Gasteiger charge is -2.40. The molecule has 0 saturated carbocycles. The number of halogens is 1. The molecule has 5 nitrogen and oxygen atoms in total. The van der Waals surface area contributed by atoms with Crippen LogP contribution in [0.1, 0.15) is 35.9 Å². The Bertz CT molecular complexity index is 1280. The lowest BCUT2D eigenvalue weighted by atomic mass is 9.89. The highest BCUT2D eigenvalue weighted by molar-refractivity contribution is 7.15. The van der Waals surface area contributed by atoms with E-state index in [1.165, 1.54) is 23.5 Å². The van der Waals surface area contributed by atoms with Gasteiger partial charge in [0.05, 0.1) is 10.7 Å². The number of rotatable bonds is 5. The topological polar surface area (TPSA) is 90.2 Å². The van der Waals surface area contributed by atoms with E-state index in [1.54, 1.807) is 24.3 Å². The van der Waals surface area contributed by atoms with Crippen LogP contribution in [0.2, 0.25) is 0 Å². The first-order valence-corrected chi connectivity index (χ1v) is 10.4. The summed E-state index contributed by atoms with van der Waals surface area (Å²) in [6.07, 6.45) is -8.20. The summed E-state index contributed by atoms with van der Waals surface area (Å²) in [6.45, 7) is -3.56. The SMILES string of the molecule is [2H]c1c([2H])c(C([2H])([2H])[2H])c(Cc2ccc(-c3ccc(F)cc3)s2)c([2H])c1[C@@H]1O[C@H](CO)[C@@H](O)[C@H](O)[C@H]1O. The summed E-state index contributed by atoms with van der Waals surface area (Å²) >= 11 is 1.29. The summed E-state index contributed by atoms with van der Waals surface area (Å²) in [5.74, 6) is -0.388. The fraction of sp³-hybridized carbons (Fsp3) is 0.333. The van der Waals surface area contributed by atoms with Crippen LogP contribution in [0, 0.1) is 12.7 Å². The Labute approximate surface area is 192 Å². The maximum Gasteiger partial charge on any atom is 0.123 e. The zero-order chi connectivity index (χ0) is 27.2. The molecular weight excluding hydrogens is 419 g/mol. The van der Waals surface area contributed by atoms with Gasteiger partial charge < -0.3 is 25.2 Å². The summed E-state index contributed by atoms with van der Waals surface area (Å²) in [5, 5.41) is 40.5. The third-order valence-electron chi connectivity index (χ3n) is 5.23. The van der Waals surface area contributed by atoms with E-state index in [9.17, 15) is 24.8 Å². The Morgan fingerprint density at radius 1 is 1.06 bits per heavy atom. The maximum atomic E-state index is 13.3. The van der Waals surface area contributed by atoms with E-state index in [4.69, 9.17) is 13.0 Å². The molecule has 164 valence electrons. The van der Waals surface area contributed by atoms with Crippen molar-refractivity contribution in [3.63, 3.8) is 0 Å². The molecule has 31 heavy (non-hydrogen) atoms. The fourth-order valence-electron chi connectivity index (χ4n) is 3.49. The van der Waals surface area contributed by atoms with Gasteiger partial charge in [0.2, 0.25) is 0 Å². The van der Waals surface area contributed by atoms with E-state index in [2.05, 4.69) is 0 Å². The summed E-state index contributed by atoms with van der Waals surface area (Å²) < 4.78 is 68.5. The Kier molecular flexibility index (Phi) is 4.62. The second-order valence-corrected chi connectivity index (χ2v) is 8.51. The molecule has 0 amide bonds. The van der Waals surface area contributed by atoms with Crippen molar-refractivity contribution in [2.75, 3.05) is 6.61 Å². The molecule has 1 aliphatic rings. The second-order valence-electron chi connectivity index (χ2n) is 7.34. The van der Waals surface area contributed by atoms with Gasteiger partial charge >= 0.3 is 0 Å². The van der Waals surface area contributed by atoms with E-state index < -0.39 is 67.7 Å². The number of hydrogen-bond acceptors (Lipinski definition) is 6. The highest BCUT2D eigenvalue weighted by Gasteiger charge is 2.43. The van der Waals surface area contributed by atoms with Crippen molar-refractivity contribution in [1.82, 2.24) is 0 Å². The minimum atomic E-state index is -2.83. The van der Waals surface area contributed by atoms with Crippen LogP contribution in [0.5, 0.6) is 0 Å². The molecule has 1 saturated heterocycles. The molecule has 1 fully saturated rings. The van der Waals surface area contributed by atoms with E-state index in [1.807, 2.05) is 0 Å². The van der Waals surface area contributed by atoms with Crippen LogP contribution in [0.25, 0.3) is 10.4 Å². The quantitative estimate of drug-likeness (QED) is 0.480. The van der Waals surface area contributed by atoms with Gasteiger partial charge in [-0.1, -0.05) is 30.3 Å². The minimum absolute atomic E-state index is 0.0690. The molecule has 7 heteroatoms. The Morgan fingerprint density at radius 3 is 2.55 bits per heavy atom. The van der Waals surface area contributed by atoms with Gasteiger partial charge in [-0.3, -0.25) is 0 Å². The van der Waals surface area contributed by atoms with Crippen molar-refractivity contribution in [2.24, 2.45) is 0 Å². The van der Waals surface area contributed by atoms with Gasteiger partial charge in [-0.2, -0.15) is 0 Å². The third-order valence-corrected chi connectivity index (χ3v) is 6.36. The summed E-state index contributed by atoms with van der Waals surface area (Å²) in [5.41, 5.74) is -0.127. The average molecular weight is 451 g/mol. The van der Waals surface area contributed by atoms with Crippen molar-refractivity contribution in [1.29, 1.82) is 0 Å². The second kappa shape index (κ2) is 9.16. The summed E-state index contributed by atoms with van der Waals surface area (Å²) in [6, 6.07) is 7.53. The highest BCUT2D eigenvalue weighted by Crippen LogP contribution is 2.35. The van der Waals surface area contributed by atoms with Gasteiger partial charge in [-0.15, -0.1) is 11.3 Å². The van der Waals surface area contributed by atoms with Gasteiger partial charge in [-0.05, 0) is 53.4 Å². The molecule has 0 aliphatic carbocycles. The normalized spacial score (nSPS) is 29.4. The Balaban J connectivity index is 1.82. The number of benzene rings is 2. The molecular formula is C24H25FO5S. The molecule has 0 unspecified atom stereocenters. The number of hydrogen-bond donors (Lipinski definition) is 4.